The van der Waals surface area contributed by atoms with Crippen molar-refractivity contribution in [3.63, 3.8) is 0 Å². The summed E-state index contributed by atoms with van der Waals surface area (Å²) < 4.78 is 771. The molecule has 0 unspecified atom stereocenters. The summed E-state index contributed by atoms with van der Waals surface area (Å²) in [7, 11) is -27.8. The number of benzene rings is 9. The van der Waals surface area contributed by atoms with Gasteiger partial charge in [-0.2, -0.15) is 52.7 Å². The summed E-state index contributed by atoms with van der Waals surface area (Å²) >= 11 is 0. The molecule has 0 N–H and O–H groups in total. The molecule has 0 nitrogen and oxygen atoms in total. The van der Waals surface area contributed by atoms with Crippen LogP contribution in [0.5, 0.6) is 0 Å². The zero-order chi connectivity index (χ0) is 86.3. The molecule has 9 aromatic carbocycles. The van der Waals surface area contributed by atoms with Gasteiger partial charge < -0.3 is 0 Å². The number of rotatable bonds is 9. The Balaban J connectivity index is 1.82. The molecule has 0 saturated carbocycles. The van der Waals surface area contributed by atoms with Crippen LogP contribution in [0.3, 0.4) is 0 Å². The lowest BCUT2D eigenvalue weighted by Crippen LogP contribution is -2.60. The largest absolute Gasteiger partial charge is 0.207 e. The molecule has 51 heteroatoms. The highest BCUT2D eigenvalue weighted by atomic mass is 31.2. The van der Waals surface area contributed by atoms with E-state index in [1.165, 1.54) is 0 Å². The standard InChI is InChI=1S/C63H18B3F45P3/c1-7-4-64(10-13(67)19(73)25(79)20(74)14(10)68)113(60-50(104)38(92)30(84)39(93)51(60)105,61-52(106)40(94)31(85)41(95)53(61)107)9(3)6-66(12-17(71)23(77)27(81)24(78)18(12)72)114(62-54(108)42(96)32(86)43(97)55(62)109,63-56(110)44(98)33(87)45(99)57(63)111)8(2)5-65(11-15(69)21(75)26(80)22(76)16(11)70)112(7,58-46(100)34(88)28(82)35(89)47(58)101)59-48(102)36(90)29(83)37(91)49(59)103/h7-9H,4-6H2,1-3H3/t7-,8-,9-/m0/s1. The molecule has 114 heavy (non-hydrogen) atoms. The van der Waals surface area contributed by atoms with E-state index in [4.69, 9.17) is 0 Å². The molecule has 3 atom stereocenters. The van der Waals surface area contributed by atoms with E-state index in [1.807, 2.05) is 0 Å². The topological polar surface area (TPSA) is 0 Å². The Morgan fingerprint density at radius 2 is 0.219 bits per heavy atom. The van der Waals surface area contributed by atoms with Gasteiger partial charge in [0.2, 0.25) is 175 Å². The Morgan fingerprint density at radius 3 is 0.316 bits per heavy atom. The molecule has 9 aromatic rings. The van der Waals surface area contributed by atoms with Gasteiger partial charge in [0.15, 0.2) is 52.4 Å². The van der Waals surface area contributed by atoms with Gasteiger partial charge in [0.1, 0.15) is 86.0 Å². The van der Waals surface area contributed by atoms with Crippen LogP contribution in [0.2, 0.25) is 19.0 Å². The fourth-order valence-electron chi connectivity index (χ4n) is 14.7. The van der Waals surface area contributed by atoms with Crippen molar-refractivity contribution < 1.29 is 198 Å². The molecule has 1 aliphatic heterocycles. The minimum absolute atomic E-state index is 0.914. The molecule has 1 heterocycles. The zero-order valence-electron chi connectivity index (χ0n) is 53.9. The maximum Gasteiger partial charge on any atom is 0.203 e. The normalized spacial score (nSPS) is 17.2. The third-order valence-corrected chi connectivity index (χ3v) is 35.3. The predicted molar refractivity (Wildman–Crippen MR) is 314 cm³/mol. The van der Waals surface area contributed by atoms with Gasteiger partial charge in [0.05, 0.1) is 0 Å². The third kappa shape index (κ3) is 11.8. The predicted octanol–water partition coefficient (Wildman–Crippen LogP) is 18.1. The van der Waals surface area contributed by atoms with Crippen molar-refractivity contribution in [1.82, 2.24) is 0 Å². The second-order valence-corrected chi connectivity index (χ2v) is 36.5. The highest BCUT2D eigenvalue weighted by Crippen LogP contribution is 2.77. The van der Waals surface area contributed by atoms with E-state index >= 15 is 198 Å². The minimum Gasteiger partial charge on any atom is -0.207 e. The highest BCUT2D eigenvalue weighted by Gasteiger charge is 2.67. The van der Waals surface area contributed by atoms with Gasteiger partial charge in [-0.3, -0.25) is 0 Å². The van der Waals surface area contributed by atoms with Crippen LogP contribution in [0.15, 0.2) is 0 Å². The monoisotopic (exact) mass is 1760 g/mol. The molecule has 3 radical (unpaired) electrons. The van der Waals surface area contributed by atoms with Crippen LogP contribution in [0.4, 0.5) is 198 Å². The fraction of sp³-hybridized carbons (Fsp3) is 0.143. The van der Waals surface area contributed by atoms with Crippen molar-refractivity contribution in [2.45, 2.75) is 56.7 Å². The van der Waals surface area contributed by atoms with Crippen LogP contribution in [0.25, 0.3) is 0 Å². The van der Waals surface area contributed by atoms with Crippen molar-refractivity contribution in [2.24, 2.45) is 0 Å². The minimum atomic E-state index is -9.27. The van der Waals surface area contributed by atoms with Gasteiger partial charge in [-0.05, 0) is 20.8 Å². The van der Waals surface area contributed by atoms with Gasteiger partial charge in [0, 0.05) is 17.0 Å². The van der Waals surface area contributed by atoms with Crippen molar-refractivity contribution in [2.75, 3.05) is 0 Å². The smallest absolute Gasteiger partial charge is 0.203 e. The summed E-state index contributed by atoms with van der Waals surface area (Å²) in [6.45, 7) is -2.74. The van der Waals surface area contributed by atoms with E-state index in [0.717, 1.165) is 0 Å². The molecule has 10 rings (SSSR count). The molecule has 0 aliphatic carbocycles. The molecule has 0 aromatic heterocycles. The lowest BCUT2D eigenvalue weighted by atomic mass is 9.61. The van der Waals surface area contributed by atoms with E-state index in [2.05, 4.69) is 0 Å². The average Bonchev–Trinajstić information content (AvgIpc) is 0.680. The van der Waals surface area contributed by atoms with E-state index in [-0.39, 0.29) is 0 Å². The van der Waals surface area contributed by atoms with Crippen molar-refractivity contribution in [1.29, 1.82) is 0 Å². The molecule has 1 saturated heterocycles. The summed E-state index contributed by atoms with van der Waals surface area (Å²) in [5.41, 5.74) is -26.9. The maximum absolute atomic E-state index is 18.2. The molecule has 609 valence electrons. The van der Waals surface area contributed by atoms with Crippen molar-refractivity contribution in [3.05, 3.63) is 262 Å². The lowest BCUT2D eigenvalue weighted by molar-refractivity contribution is 0.382. The van der Waals surface area contributed by atoms with Gasteiger partial charge in [-0.25, -0.2) is 145 Å². The first kappa shape index (κ1) is 87.7. The Labute approximate surface area is 603 Å². The number of hydrogen-bond donors (Lipinski definition) is 0. The second-order valence-electron chi connectivity index (χ2n) is 24.6. The Morgan fingerprint density at radius 1 is 0.140 bits per heavy atom. The summed E-state index contributed by atoms with van der Waals surface area (Å²) in [5, 5.41) is -24.9. The number of hydrogen-bond acceptors (Lipinski definition) is 0. The Kier molecular flexibility index (Phi) is 23.2. The van der Waals surface area contributed by atoms with Gasteiger partial charge in [-0.15, -0.1) is 35.3 Å². The molecule has 0 bridgehead atoms. The Bertz CT molecular complexity index is 4690. The van der Waals surface area contributed by atoms with Crippen LogP contribution in [0, 0.1) is 262 Å². The molecular weight excluding hydrogens is 1740 g/mol. The molecule has 1 fully saturated rings. The first-order valence-corrected chi connectivity index (χ1v) is 35.7. The molecule has 0 amide bonds. The third-order valence-electron chi connectivity index (χ3n) is 19.3. The molecular formula is C63H18B3F45P3. The fourth-order valence-corrected chi connectivity index (χ4v) is 32.8. The number of halogens is 45. The van der Waals surface area contributed by atoms with Gasteiger partial charge in [0.25, 0.3) is 0 Å². The van der Waals surface area contributed by atoms with Crippen LogP contribution in [-0.2, 0) is 0 Å². The van der Waals surface area contributed by atoms with Gasteiger partial charge >= 0.3 is 0 Å². The van der Waals surface area contributed by atoms with Crippen molar-refractivity contribution in [3.8, 4) is 0 Å². The first-order valence-electron chi connectivity index (χ1n) is 29.9. The average molecular weight is 1760 g/mol. The van der Waals surface area contributed by atoms with Crippen LogP contribution in [0.1, 0.15) is 20.8 Å². The van der Waals surface area contributed by atoms with Crippen LogP contribution in [-0.4, -0.2) is 36.3 Å². The molecule has 1 aliphatic rings. The van der Waals surface area contributed by atoms with E-state index < -0.39 is 407 Å². The SMILES string of the molecule is C[C@H]1C[B-](c2c(F)c(F)c(F)c(F)c2F)[P+](c2c(F)c(F)c(F)c(F)c2F)(c2c(F)c(F)c(F)c(F)c2F)[C@@H](C)C[B-](c2c(F)c(F)c(F)c(F)c2F)[P+](c2c(F)c(F)c(F)c(F)c2F)(c2c(F)c(F)c(F)c(F)c2F)[C@@H](C)C[B-](c2c(F)c(F)c(F)c(F)c2F)[P+]1(c1c(F)c(F)c(F)c(F)c1F)c1c(F)c(F)c(F)c(F)c1F. The van der Waals surface area contributed by atoms with Crippen LogP contribution >= 0.6 is 21.4 Å². The summed E-state index contributed by atoms with van der Waals surface area (Å²) in [5.74, 6) is -188. The molecule has 0 spiro atoms. The summed E-state index contributed by atoms with van der Waals surface area (Å²) in [6, 6.07) is 0. The van der Waals surface area contributed by atoms with E-state index in [9.17, 15) is 0 Å². The van der Waals surface area contributed by atoms with E-state index in [1.54, 1.807) is 0 Å². The quantitative estimate of drug-likeness (QED) is 0.0444. The lowest BCUT2D eigenvalue weighted by Gasteiger charge is -2.57. The Hall–Kier alpha value is -8.69. The zero-order valence-corrected chi connectivity index (χ0v) is 56.6. The second kappa shape index (κ2) is 30.1. The summed E-state index contributed by atoms with van der Waals surface area (Å²) in [4.78, 5) is 0. The van der Waals surface area contributed by atoms with Gasteiger partial charge in [-0.1, -0.05) is 21.4 Å². The van der Waals surface area contributed by atoms with Crippen molar-refractivity contribution >= 4 is 88.9 Å². The maximum atomic E-state index is 18.2. The highest BCUT2D eigenvalue weighted by molar-refractivity contribution is 8.19. The summed E-state index contributed by atoms with van der Waals surface area (Å²) in [6.07, 6.45) is -28.8. The first-order chi connectivity index (χ1) is 52.6. The van der Waals surface area contributed by atoms with Crippen LogP contribution < -0.4 is 48.2 Å². The van der Waals surface area contributed by atoms with E-state index in [0.29, 0.717) is 0 Å².